The molecule has 1 heterocycles. The molecule has 1 aromatic carbocycles. The Bertz CT molecular complexity index is 581. The Morgan fingerprint density at radius 3 is 2.68 bits per heavy atom. The minimum atomic E-state index is 0.201. The van der Waals surface area contributed by atoms with Crippen LogP contribution in [0.25, 0.3) is 11.4 Å². The molecule has 0 radical (unpaired) electrons. The van der Waals surface area contributed by atoms with Gasteiger partial charge in [0, 0.05) is 0 Å². The highest BCUT2D eigenvalue weighted by Crippen LogP contribution is 2.37. The van der Waals surface area contributed by atoms with Gasteiger partial charge in [0.15, 0.2) is 0 Å². The lowest BCUT2D eigenvalue weighted by Gasteiger charge is -2.12. The molecule has 0 spiro atoms. The zero-order valence-electron chi connectivity index (χ0n) is 11.1. The number of hydrogen-bond acceptors (Lipinski definition) is 5. The van der Waals surface area contributed by atoms with Gasteiger partial charge in [-0.05, 0) is 23.6 Å². The summed E-state index contributed by atoms with van der Waals surface area (Å²) in [5, 5.41) is 4.43. The van der Waals surface area contributed by atoms with Crippen LogP contribution in [0.3, 0.4) is 0 Å². The Labute approximate surface area is 116 Å². The molecule has 2 N–H and O–H groups in total. The van der Waals surface area contributed by atoms with Crippen molar-refractivity contribution in [3.8, 4) is 17.1 Å². The average Bonchev–Trinajstić information content (AvgIpc) is 2.86. The van der Waals surface area contributed by atoms with Gasteiger partial charge in [-0.15, -0.1) is 0 Å². The molecule has 0 saturated carbocycles. The molecule has 0 saturated heterocycles. The monoisotopic (exact) mass is 281 g/mol. The lowest BCUT2D eigenvalue weighted by Crippen LogP contribution is -1.97. The van der Waals surface area contributed by atoms with Crippen LogP contribution in [0.1, 0.15) is 31.2 Å². The number of benzene rings is 1. The summed E-state index contributed by atoms with van der Waals surface area (Å²) in [6, 6.07) is 3.85. The van der Waals surface area contributed by atoms with Crippen LogP contribution in [-0.4, -0.2) is 17.3 Å². The Hall–Kier alpha value is -1.59. The summed E-state index contributed by atoms with van der Waals surface area (Å²) in [6.07, 6.45) is 0. The quantitative estimate of drug-likeness (QED) is 0.932. The maximum Gasteiger partial charge on any atom is 0.240 e. The van der Waals surface area contributed by atoms with Crippen molar-refractivity contribution >= 4 is 11.6 Å². The molecule has 0 aliphatic heterocycles. The summed E-state index contributed by atoms with van der Waals surface area (Å²) in [7, 11) is 1.56. The lowest BCUT2D eigenvalue weighted by atomic mass is 10.00. The van der Waals surface area contributed by atoms with Gasteiger partial charge < -0.3 is 15.0 Å². The minimum absolute atomic E-state index is 0.201. The van der Waals surface area contributed by atoms with Gasteiger partial charge in [0.05, 0.1) is 24.2 Å². The first-order chi connectivity index (χ1) is 9.06. The van der Waals surface area contributed by atoms with Crippen molar-refractivity contribution in [2.75, 3.05) is 7.11 Å². The van der Waals surface area contributed by atoms with E-state index in [0.29, 0.717) is 34.0 Å². The largest absolute Gasteiger partial charge is 0.494 e. The van der Waals surface area contributed by atoms with Crippen molar-refractivity contribution in [2.45, 2.75) is 26.3 Å². The van der Waals surface area contributed by atoms with Crippen molar-refractivity contribution in [1.82, 2.24) is 10.1 Å². The topological polar surface area (TPSA) is 74.2 Å². The fourth-order valence-electron chi connectivity index (χ4n) is 1.77. The first-order valence-electron chi connectivity index (χ1n) is 5.97. The second-order valence-corrected chi connectivity index (χ2v) is 4.86. The Morgan fingerprint density at radius 2 is 2.16 bits per heavy atom. The van der Waals surface area contributed by atoms with Crippen LogP contribution in [0, 0.1) is 0 Å². The van der Waals surface area contributed by atoms with Gasteiger partial charge in [-0.3, -0.25) is 0 Å². The molecule has 2 rings (SSSR count). The number of ether oxygens (including phenoxy) is 1. The van der Waals surface area contributed by atoms with E-state index >= 15 is 0 Å². The van der Waals surface area contributed by atoms with Gasteiger partial charge in [-0.25, -0.2) is 0 Å². The van der Waals surface area contributed by atoms with E-state index in [4.69, 9.17) is 26.6 Å². The number of nitrogens with two attached hydrogens (primary N) is 1. The molecule has 0 bridgehead atoms. The van der Waals surface area contributed by atoms with E-state index in [1.54, 1.807) is 7.11 Å². The number of rotatable bonds is 4. The Morgan fingerprint density at radius 1 is 1.42 bits per heavy atom. The first kappa shape index (κ1) is 13.8. The predicted octanol–water partition coefficient (Wildman–Crippen LogP) is 2.98. The maximum atomic E-state index is 6.23. The van der Waals surface area contributed by atoms with Gasteiger partial charge in [0.2, 0.25) is 11.7 Å². The summed E-state index contributed by atoms with van der Waals surface area (Å²) in [5.41, 5.74) is 7.26. The van der Waals surface area contributed by atoms with E-state index in [0.717, 1.165) is 5.56 Å². The van der Waals surface area contributed by atoms with E-state index in [1.165, 1.54) is 0 Å². The van der Waals surface area contributed by atoms with Crippen molar-refractivity contribution in [2.24, 2.45) is 5.73 Å². The van der Waals surface area contributed by atoms with Crippen LogP contribution in [0.5, 0.6) is 5.75 Å². The lowest BCUT2D eigenvalue weighted by molar-refractivity contribution is 0.380. The molecule has 0 amide bonds. The average molecular weight is 282 g/mol. The van der Waals surface area contributed by atoms with E-state index in [-0.39, 0.29) is 6.54 Å². The van der Waals surface area contributed by atoms with Crippen LogP contribution in [0.2, 0.25) is 5.02 Å². The van der Waals surface area contributed by atoms with E-state index < -0.39 is 0 Å². The maximum absolute atomic E-state index is 6.23. The molecule has 1 aromatic heterocycles. The van der Waals surface area contributed by atoms with Crippen LogP contribution < -0.4 is 10.5 Å². The van der Waals surface area contributed by atoms with Gasteiger partial charge >= 0.3 is 0 Å². The third-order valence-electron chi connectivity index (χ3n) is 2.82. The van der Waals surface area contributed by atoms with Gasteiger partial charge in [-0.1, -0.05) is 30.6 Å². The molecule has 19 heavy (non-hydrogen) atoms. The molecule has 0 fully saturated rings. The van der Waals surface area contributed by atoms with Gasteiger partial charge in [0.1, 0.15) is 5.75 Å². The highest BCUT2D eigenvalue weighted by atomic mass is 35.5. The third kappa shape index (κ3) is 2.72. The van der Waals surface area contributed by atoms with Crippen molar-refractivity contribution < 1.29 is 9.26 Å². The fourth-order valence-corrected chi connectivity index (χ4v) is 2.07. The zero-order valence-corrected chi connectivity index (χ0v) is 11.9. The SMILES string of the molecule is COc1c(Cl)cc(C(C)C)cc1-c1noc(CN)n1. The van der Waals surface area contributed by atoms with E-state index in [9.17, 15) is 0 Å². The molecule has 5 nitrogen and oxygen atoms in total. The van der Waals surface area contributed by atoms with Crippen molar-refractivity contribution in [3.05, 3.63) is 28.6 Å². The van der Waals surface area contributed by atoms with Crippen LogP contribution in [-0.2, 0) is 6.54 Å². The summed E-state index contributed by atoms with van der Waals surface area (Å²) in [6.45, 7) is 4.37. The second kappa shape index (κ2) is 5.59. The number of nitrogens with zero attached hydrogens (tertiary/aromatic N) is 2. The third-order valence-corrected chi connectivity index (χ3v) is 3.10. The van der Waals surface area contributed by atoms with Crippen LogP contribution in [0.15, 0.2) is 16.7 Å². The van der Waals surface area contributed by atoms with Gasteiger partial charge in [-0.2, -0.15) is 4.98 Å². The first-order valence-corrected chi connectivity index (χ1v) is 6.35. The number of hydrogen-bond donors (Lipinski definition) is 1. The Balaban J connectivity index is 2.58. The predicted molar refractivity (Wildman–Crippen MR) is 73.3 cm³/mol. The number of methoxy groups -OCH3 is 1. The normalized spacial score (nSPS) is 11.1. The standard InChI is InChI=1S/C13H16ClN3O2/c1-7(2)8-4-9(12(18-3)10(14)5-8)13-16-11(6-15)19-17-13/h4-5,7H,6,15H2,1-3H3. The molecular weight excluding hydrogens is 266 g/mol. The van der Waals surface area contributed by atoms with Crippen molar-refractivity contribution in [1.29, 1.82) is 0 Å². The number of halogens is 1. The molecule has 0 aliphatic carbocycles. The molecular formula is C13H16ClN3O2. The molecule has 102 valence electrons. The second-order valence-electron chi connectivity index (χ2n) is 4.45. The summed E-state index contributed by atoms with van der Waals surface area (Å²) < 4.78 is 10.3. The fraction of sp³-hybridized carbons (Fsp3) is 0.385. The summed E-state index contributed by atoms with van der Waals surface area (Å²) in [5.74, 6) is 1.68. The zero-order chi connectivity index (χ0) is 14.0. The smallest absolute Gasteiger partial charge is 0.240 e. The molecule has 0 atom stereocenters. The van der Waals surface area contributed by atoms with Crippen LogP contribution in [0.4, 0.5) is 0 Å². The molecule has 6 heteroatoms. The molecule has 0 unspecified atom stereocenters. The summed E-state index contributed by atoms with van der Waals surface area (Å²) in [4.78, 5) is 4.21. The van der Waals surface area contributed by atoms with Crippen LogP contribution >= 0.6 is 11.6 Å². The van der Waals surface area contributed by atoms with E-state index in [2.05, 4.69) is 24.0 Å². The number of aromatic nitrogens is 2. The van der Waals surface area contributed by atoms with Gasteiger partial charge in [0.25, 0.3) is 0 Å². The van der Waals surface area contributed by atoms with E-state index in [1.807, 2.05) is 12.1 Å². The van der Waals surface area contributed by atoms with Crippen molar-refractivity contribution in [3.63, 3.8) is 0 Å². The highest BCUT2D eigenvalue weighted by molar-refractivity contribution is 6.32. The highest BCUT2D eigenvalue weighted by Gasteiger charge is 2.18. The molecule has 2 aromatic rings. The summed E-state index contributed by atoms with van der Waals surface area (Å²) >= 11 is 6.23. The minimum Gasteiger partial charge on any atom is -0.494 e. The molecule has 0 aliphatic rings. The Kier molecular flexibility index (Phi) is 4.07.